The predicted octanol–water partition coefficient (Wildman–Crippen LogP) is 1.93. The quantitative estimate of drug-likeness (QED) is 0.660. The molecule has 2 rings (SSSR count). The highest BCUT2D eigenvalue weighted by Gasteiger charge is 2.17. The zero-order valence-electron chi connectivity index (χ0n) is 10.1. The maximum atomic E-state index is 10.8. The Balaban J connectivity index is 2.37. The second kappa shape index (κ2) is 5.65. The Morgan fingerprint density at radius 2 is 2.00 bits per heavy atom. The number of nitro groups is 1. The first-order valence-electron chi connectivity index (χ1n) is 5.17. The largest absolute Gasteiger partial charge is 0.467 e. The van der Waals surface area contributed by atoms with Crippen LogP contribution in [0.3, 0.4) is 0 Å². The SMILES string of the molecule is COc1nc(N)nc(Oc2cccc([N+](=O)[O-])c2Br)n1. The highest BCUT2D eigenvalue weighted by atomic mass is 79.9. The number of hydrogen-bond acceptors (Lipinski definition) is 8. The first kappa shape index (κ1) is 13.9. The zero-order valence-corrected chi connectivity index (χ0v) is 11.7. The fourth-order valence-corrected chi connectivity index (χ4v) is 1.80. The molecule has 0 unspecified atom stereocenters. The third-order valence-corrected chi connectivity index (χ3v) is 2.93. The van der Waals surface area contributed by atoms with Crippen molar-refractivity contribution in [2.45, 2.75) is 0 Å². The van der Waals surface area contributed by atoms with E-state index in [4.69, 9.17) is 15.2 Å². The molecule has 0 saturated carbocycles. The van der Waals surface area contributed by atoms with Crippen LogP contribution in [0.15, 0.2) is 22.7 Å². The van der Waals surface area contributed by atoms with Crippen molar-refractivity contribution in [2.24, 2.45) is 0 Å². The molecule has 0 saturated heterocycles. The van der Waals surface area contributed by atoms with Crippen LogP contribution in [-0.4, -0.2) is 27.0 Å². The van der Waals surface area contributed by atoms with Crippen LogP contribution in [0, 0.1) is 10.1 Å². The molecule has 0 bridgehead atoms. The lowest BCUT2D eigenvalue weighted by atomic mass is 10.3. The monoisotopic (exact) mass is 341 g/mol. The molecule has 0 radical (unpaired) electrons. The summed E-state index contributed by atoms with van der Waals surface area (Å²) in [6.45, 7) is 0. The lowest BCUT2D eigenvalue weighted by Gasteiger charge is -2.07. The van der Waals surface area contributed by atoms with Gasteiger partial charge in [-0.15, -0.1) is 4.98 Å². The van der Waals surface area contributed by atoms with E-state index in [1.54, 1.807) is 0 Å². The van der Waals surface area contributed by atoms with Gasteiger partial charge in [0.1, 0.15) is 4.47 Å². The van der Waals surface area contributed by atoms with Crippen molar-refractivity contribution < 1.29 is 14.4 Å². The first-order chi connectivity index (χ1) is 9.51. The van der Waals surface area contributed by atoms with Crippen LogP contribution in [0.25, 0.3) is 0 Å². The van der Waals surface area contributed by atoms with Gasteiger partial charge < -0.3 is 15.2 Å². The third kappa shape index (κ3) is 2.91. The zero-order chi connectivity index (χ0) is 14.7. The number of rotatable bonds is 4. The van der Waals surface area contributed by atoms with Crippen LogP contribution in [-0.2, 0) is 0 Å². The number of anilines is 1. The molecule has 0 aliphatic heterocycles. The highest BCUT2D eigenvalue weighted by molar-refractivity contribution is 9.10. The van der Waals surface area contributed by atoms with E-state index in [2.05, 4.69) is 30.9 Å². The molecule has 1 heterocycles. The van der Waals surface area contributed by atoms with Gasteiger partial charge >= 0.3 is 12.0 Å². The molecule has 0 aliphatic rings. The van der Waals surface area contributed by atoms with Crippen LogP contribution in [0.4, 0.5) is 11.6 Å². The molecule has 20 heavy (non-hydrogen) atoms. The number of ether oxygens (including phenoxy) is 2. The van der Waals surface area contributed by atoms with Gasteiger partial charge in [0.2, 0.25) is 5.95 Å². The Labute approximate surface area is 121 Å². The van der Waals surface area contributed by atoms with Gasteiger partial charge in [0.25, 0.3) is 5.69 Å². The van der Waals surface area contributed by atoms with E-state index >= 15 is 0 Å². The van der Waals surface area contributed by atoms with Gasteiger partial charge in [0, 0.05) is 6.07 Å². The topological polar surface area (TPSA) is 126 Å². The Morgan fingerprint density at radius 1 is 1.30 bits per heavy atom. The van der Waals surface area contributed by atoms with Crippen molar-refractivity contribution in [1.29, 1.82) is 0 Å². The van der Waals surface area contributed by atoms with Crippen molar-refractivity contribution in [2.75, 3.05) is 12.8 Å². The van der Waals surface area contributed by atoms with E-state index in [0.717, 1.165) is 0 Å². The first-order valence-corrected chi connectivity index (χ1v) is 5.97. The molecule has 2 aromatic rings. The van der Waals surface area contributed by atoms with Gasteiger partial charge in [-0.25, -0.2) is 0 Å². The molecule has 9 nitrogen and oxygen atoms in total. The second-order valence-electron chi connectivity index (χ2n) is 3.41. The molecule has 2 N–H and O–H groups in total. The fraction of sp³-hybridized carbons (Fsp3) is 0.100. The molecular formula is C10H8BrN5O4. The van der Waals surface area contributed by atoms with Gasteiger partial charge in [-0.3, -0.25) is 10.1 Å². The summed E-state index contributed by atoms with van der Waals surface area (Å²) in [6, 6.07) is 4.17. The van der Waals surface area contributed by atoms with Crippen LogP contribution in [0.2, 0.25) is 0 Å². The van der Waals surface area contributed by atoms with Crippen LogP contribution in [0.1, 0.15) is 0 Å². The highest BCUT2D eigenvalue weighted by Crippen LogP contribution is 2.35. The number of halogens is 1. The van der Waals surface area contributed by atoms with Crippen molar-refractivity contribution in [3.05, 3.63) is 32.8 Å². The van der Waals surface area contributed by atoms with E-state index in [0.29, 0.717) is 0 Å². The summed E-state index contributed by atoms with van der Waals surface area (Å²) >= 11 is 3.09. The van der Waals surface area contributed by atoms with E-state index in [-0.39, 0.29) is 33.9 Å². The predicted molar refractivity (Wildman–Crippen MR) is 71.7 cm³/mol. The van der Waals surface area contributed by atoms with Gasteiger partial charge in [-0.2, -0.15) is 9.97 Å². The molecule has 104 valence electrons. The van der Waals surface area contributed by atoms with Crippen molar-refractivity contribution in [1.82, 2.24) is 15.0 Å². The summed E-state index contributed by atoms with van der Waals surface area (Å²) in [7, 11) is 1.36. The molecular weight excluding hydrogens is 334 g/mol. The van der Waals surface area contributed by atoms with Gasteiger partial charge in [0.15, 0.2) is 5.75 Å². The van der Waals surface area contributed by atoms with E-state index in [1.165, 1.54) is 25.3 Å². The minimum atomic E-state index is -0.542. The molecule has 0 amide bonds. The molecule has 10 heteroatoms. The normalized spacial score (nSPS) is 10.1. The summed E-state index contributed by atoms with van der Waals surface area (Å²) in [5.74, 6) is 0.0836. The van der Waals surface area contributed by atoms with Gasteiger partial charge in [0.05, 0.1) is 12.0 Å². The summed E-state index contributed by atoms with van der Waals surface area (Å²) in [5.41, 5.74) is 5.32. The molecule has 1 aromatic heterocycles. The Hall–Kier alpha value is -2.49. The molecule has 0 aliphatic carbocycles. The molecule has 0 spiro atoms. The van der Waals surface area contributed by atoms with Gasteiger partial charge in [-0.1, -0.05) is 6.07 Å². The summed E-state index contributed by atoms with van der Waals surface area (Å²) in [4.78, 5) is 21.6. The minimum Gasteiger partial charge on any atom is -0.467 e. The number of hydrogen-bond donors (Lipinski definition) is 1. The number of nitrogens with two attached hydrogens (primary N) is 1. The smallest absolute Gasteiger partial charge is 0.330 e. The Bertz CT molecular complexity index is 666. The maximum Gasteiger partial charge on any atom is 0.330 e. The van der Waals surface area contributed by atoms with Crippen LogP contribution in [0.5, 0.6) is 17.8 Å². The standard InChI is InChI=1S/C10H8BrN5O4/c1-19-9-13-8(12)14-10(15-9)20-6-4-2-3-5(7(6)11)16(17)18/h2-4H,1H3,(H2,12,13,14,15). The second-order valence-corrected chi connectivity index (χ2v) is 4.20. The fourth-order valence-electron chi connectivity index (χ4n) is 1.31. The Morgan fingerprint density at radius 3 is 2.65 bits per heavy atom. The van der Waals surface area contributed by atoms with Crippen LogP contribution < -0.4 is 15.2 Å². The minimum absolute atomic E-state index is 0.0194. The average Bonchev–Trinajstić information content (AvgIpc) is 2.40. The van der Waals surface area contributed by atoms with E-state index < -0.39 is 4.92 Å². The van der Waals surface area contributed by atoms with Crippen LogP contribution >= 0.6 is 15.9 Å². The van der Waals surface area contributed by atoms with Crippen molar-refractivity contribution >= 4 is 27.6 Å². The maximum absolute atomic E-state index is 10.8. The van der Waals surface area contributed by atoms with E-state index in [9.17, 15) is 10.1 Å². The van der Waals surface area contributed by atoms with Crippen molar-refractivity contribution in [3.8, 4) is 17.8 Å². The summed E-state index contributed by atoms with van der Waals surface area (Å²) < 4.78 is 10.3. The number of nitrogens with zero attached hydrogens (tertiary/aromatic N) is 4. The number of nitrogen functional groups attached to an aromatic ring is 1. The Kier molecular flexibility index (Phi) is 3.94. The summed E-state index contributed by atoms with van der Waals surface area (Å²) in [5, 5.41) is 10.8. The average molecular weight is 342 g/mol. The number of nitro benzene ring substituents is 1. The number of methoxy groups -OCH3 is 1. The van der Waals surface area contributed by atoms with Crippen molar-refractivity contribution in [3.63, 3.8) is 0 Å². The molecule has 1 aromatic carbocycles. The third-order valence-electron chi connectivity index (χ3n) is 2.14. The molecule has 0 fully saturated rings. The number of benzene rings is 1. The lowest BCUT2D eigenvalue weighted by molar-refractivity contribution is -0.385. The van der Waals surface area contributed by atoms with Gasteiger partial charge in [-0.05, 0) is 22.0 Å². The summed E-state index contributed by atoms with van der Waals surface area (Å²) in [6.07, 6.45) is 0. The number of aromatic nitrogens is 3. The molecule has 0 atom stereocenters. The van der Waals surface area contributed by atoms with E-state index in [1.807, 2.05) is 0 Å². The lowest BCUT2D eigenvalue weighted by Crippen LogP contribution is -2.03.